The van der Waals surface area contributed by atoms with E-state index in [0.29, 0.717) is 16.7 Å². The summed E-state index contributed by atoms with van der Waals surface area (Å²) in [5.41, 5.74) is 0.775. The lowest BCUT2D eigenvalue weighted by Crippen LogP contribution is -2.18. The number of aliphatic hydroxyl groups is 1. The fraction of sp³-hybridized carbons (Fsp3) is 0.571. The zero-order valence-corrected chi connectivity index (χ0v) is 11.3. The van der Waals surface area contributed by atoms with Crippen LogP contribution in [0.4, 0.5) is 0 Å². The Morgan fingerprint density at radius 2 is 2.17 bits per heavy atom. The monoisotopic (exact) mass is 270 g/mol. The van der Waals surface area contributed by atoms with Gasteiger partial charge in [0.15, 0.2) is 0 Å². The van der Waals surface area contributed by atoms with Crippen LogP contribution in [0, 0.1) is 5.92 Å². The molecule has 0 spiro atoms. The molecule has 0 aromatic heterocycles. The summed E-state index contributed by atoms with van der Waals surface area (Å²) in [5.74, 6) is 1.20. The molecule has 1 atom stereocenters. The fourth-order valence-corrected chi connectivity index (χ4v) is 2.57. The molecule has 1 fully saturated rings. The molecule has 100 valence electrons. The number of benzene rings is 1. The van der Waals surface area contributed by atoms with Gasteiger partial charge in [-0.3, -0.25) is 0 Å². The summed E-state index contributed by atoms with van der Waals surface area (Å²) in [7, 11) is 1.61. The minimum atomic E-state index is -0.526. The Morgan fingerprint density at radius 1 is 1.44 bits per heavy atom. The zero-order chi connectivity index (χ0) is 13.0. The molecule has 4 heteroatoms. The molecular weight excluding hydrogens is 252 g/mol. The highest BCUT2D eigenvalue weighted by Gasteiger charge is 2.21. The summed E-state index contributed by atoms with van der Waals surface area (Å²) in [6, 6.07) is 5.35. The van der Waals surface area contributed by atoms with Gasteiger partial charge in [0.25, 0.3) is 0 Å². The molecule has 1 aliphatic heterocycles. The third-order valence-electron chi connectivity index (χ3n) is 3.45. The van der Waals surface area contributed by atoms with Crippen molar-refractivity contribution in [1.82, 2.24) is 0 Å². The molecule has 2 rings (SSSR count). The van der Waals surface area contributed by atoms with E-state index in [-0.39, 0.29) is 0 Å². The molecule has 1 aromatic carbocycles. The van der Waals surface area contributed by atoms with Crippen molar-refractivity contribution in [1.29, 1.82) is 0 Å². The molecule has 1 aliphatic rings. The first-order chi connectivity index (χ1) is 8.70. The van der Waals surface area contributed by atoms with Crippen molar-refractivity contribution >= 4 is 11.6 Å². The van der Waals surface area contributed by atoms with Gasteiger partial charge in [0.05, 0.1) is 13.2 Å². The van der Waals surface area contributed by atoms with Gasteiger partial charge in [-0.1, -0.05) is 11.6 Å². The van der Waals surface area contributed by atoms with Crippen LogP contribution in [-0.4, -0.2) is 25.4 Å². The van der Waals surface area contributed by atoms with E-state index in [1.165, 1.54) is 0 Å². The Labute approximate surface area is 113 Å². The van der Waals surface area contributed by atoms with Gasteiger partial charge < -0.3 is 14.6 Å². The van der Waals surface area contributed by atoms with Gasteiger partial charge in [0.2, 0.25) is 0 Å². The number of aliphatic hydroxyl groups excluding tert-OH is 1. The lowest BCUT2D eigenvalue weighted by Gasteiger charge is -2.25. The number of halogens is 1. The van der Waals surface area contributed by atoms with Gasteiger partial charge in [0, 0.05) is 23.8 Å². The Kier molecular flexibility index (Phi) is 4.87. The molecule has 1 unspecified atom stereocenters. The molecule has 1 N–H and O–H groups in total. The van der Waals surface area contributed by atoms with Gasteiger partial charge in [-0.25, -0.2) is 0 Å². The van der Waals surface area contributed by atoms with Crippen LogP contribution < -0.4 is 4.74 Å². The smallest absolute Gasteiger partial charge is 0.124 e. The van der Waals surface area contributed by atoms with Crippen LogP contribution in [0.15, 0.2) is 18.2 Å². The van der Waals surface area contributed by atoms with Crippen molar-refractivity contribution < 1.29 is 14.6 Å². The third kappa shape index (κ3) is 3.37. The van der Waals surface area contributed by atoms with Crippen molar-refractivity contribution in [3.8, 4) is 5.75 Å². The topological polar surface area (TPSA) is 38.7 Å². The van der Waals surface area contributed by atoms with Crippen molar-refractivity contribution in [3.63, 3.8) is 0 Å². The first-order valence-corrected chi connectivity index (χ1v) is 6.67. The van der Waals surface area contributed by atoms with Crippen molar-refractivity contribution in [2.24, 2.45) is 5.92 Å². The highest BCUT2D eigenvalue weighted by Crippen LogP contribution is 2.33. The molecule has 0 radical (unpaired) electrons. The summed E-state index contributed by atoms with van der Waals surface area (Å²) in [6.07, 6.45) is 2.24. The van der Waals surface area contributed by atoms with Gasteiger partial charge in [-0.05, 0) is 43.4 Å². The van der Waals surface area contributed by atoms with Gasteiger partial charge in [0.1, 0.15) is 5.75 Å². The average Bonchev–Trinajstić information content (AvgIpc) is 2.40. The van der Waals surface area contributed by atoms with E-state index >= 15 is 0 Å². The Hall–Kier alpha value is -0.770. The number of rotatable bonds is 4. The first-order valence-electron chi connectivity index (χ1n) is 6.30. The quantitative estimate of drug-likeness (QED) is 0.913. The average molecular weight is 271 g/mol. The van der Waals surface area contributed by atoms with E-state index in [0.717, 1.165) is 38.0 Å². The summed E-state index contributed by atoms with van der Waals surface area (Å²) >= 11 is 5.97. The molecule has 1 aromatic rings. The molecule has 1 heterocycles. The predicted octanol–water partition coefficient (Wildman–Crippen LogP) is 3.20. The maximum Gasteiger partial charge on any atom is 0.124 e. The van der Waals surface area contributed by atoms with Crippen LogP contribution in [0.25, 0.3) is 0 Å². The Morgan fingerprint density at radius 3 is 2.83 bits per heavy atom. The van der Waals surface area contributed by atoms with Crippen LogP contribution in [0.3, 0.4) is 0 Å². The van der Waals surface area contributed by atoms with Crippen molar-refractivity contribution in [2.45, 2.75) is 25.4 Å². The molecule has 0 aliphatic carbocycles. The van der Waals surface area contributed by atoms with Gasteiger partial charge in [-0.15, -0.1) is 0 Å². The number of methoxy groups -OCH3 is 1. The largest absolute Gasteiger partial charge is 0.496 e. The second-order valence-corrected chi connectivity index (χ2v) is 5.13. The Bertz CT molecular complexity index is 389. The summed E-state index contributed by atoms with van der Waals surface area (Å²) in [5, 5.41) is 11.0. The lowest BCUT2D eigenvalue weighted by atomic mass is 9.91. The van der Waals surface area contributed by atoms with Crippen LogP contribution in [-0.2, 0) is 4.74 Å². The van der Waals surface area contributed by atoms with Crippen LogP contribution in [0.5, 0.6) is 5.75 Å². The number of ether oxygens (including phenoxy) is 2. The molecule has 18 heavy (non-hydrogen) atoms. The minimum Gasteiger partial charge on any atom is -0.496 e. The summed E-state index contributed by atoms with van der Waals surface area (Å²) in [4.78, 5) is 0. The highest BCUT2D eigenvalue weighted by molar-refractivity contribution is 6.30. The molecule has 0 amide bonds. The third-order valence-corrected chi connectivity index (χ3v) is 3.68. The van der Waals surface area contributed by atoms with E-state index in [1.54, 1.807) is 25.3 Å². The predicted molar refractivity (Wildman–Crippen MR) is 71.1 cm³/mol. The van der Waals surface area contributed by atoms with E-state index in [4.69, 9.17) is 21.1 Å². The second-order valence-electron chi connectivity index (χ2n) is 4.69. The highest BCUT2D eigenvalue weighted by atomic mass is 35.5. The summed E-state index contributed by atoms with van der Waals surface area (Å²) in [6.45, 7) is 1.59. The van der Waals surface area contributed by atoms with E-state index < -0.39 is 6.10 Å². The van der Waals surface area contributed by atoms with Crippen LogP contribution >= 0.6 is 11.6 Å². The SMILES string of the molecule is COc1ccc(Cl)cc1C(O)CC1CCOCC1. The normalized spacial score (nSPS) is 18.6. The maximum atomic E-state index is 10.3. The van der Waals surface area contributed by atoms with E-state index in [1.807, 2.05) is 0 Å². The van der Waals surface area contributed by atoms with Crippen LogP contribution in [0.2, 0.25) is 5.02 Å². The Balaban J connectivity index is 2.07. The number of hydrogen-bond donors (Lipinski definition) is 1. The standard InChI is InChI=1S/C14H19ClO3/c1-17-14-3-2-11(15)9-12(14)13(16)8-10-4-6-18-7-5-10/h2-3,9-10,13,16H,4-8H2,1H3. The fourth-order valence-electron chi connectivity index (χ4n) is 2.39. The van der Waals surface area contributed by atoms with Gasteiger partial charge in [-0.2, -0.15) is 0 Å². The van der Waals surface area contributed by atoms with E-state index in [2.05, 4.69) is 0 Å². The zero-order valence-electron chi connectivity index (χ0n) is 10.6. The minimum absolute atomic E-state index is 0.512. The first kappa shape index (κ1) is 13.7. The maximum absolute atomic E-state index is 10.3. The van der Waals surface area contributed by atoms with Gasteiger partial charge >= 0.3 is 0 Å². The lowest BCUT2D eigenvalue weighted by molar-refractivity contribution is 0.0430. The second kappa shape index (κ2) is 6.41. The van der Waals surface area contributed by atoms with E-state index in [9.17, 15) is 5.11 Å². The molecule has 0 saturated carbocycles. The molecule has 1 saturated heterocycles. The van der Waals surface area contributed by atoms with Crippen molar-refractivity contribution in [3.05, 3.63) is 28.8 Å². The van der Waals surface area contributed by atoms with Crippen LogP contribution in [0.1, 0.15) is 30.9 Å². The molecule has 3 nitrogen and oxygen atoms in total. The molecular formula is C14H19ClO3. The molecule has 0 bridgehead atoms. The number of hydrogen-bond acceptors (Lipinski definition) is 3. The van der Waals surface area contributed by atoms with Crippen molar-refractivity contribution in [2.75, 3.05) is 20.3 Å². The summed E-state index contributed by atoms with van der Waals surface area (Å²) < 4.78 is 10.6.